The molecule has 0 radical (unpaired) electrons. The summed E-state index contributed by atoms with van der Waals surface area (Å²) < 4.78 is 2.31. The molecule has 3 nitrogen and oxygen atoms in total. The maximum atomic E-state index is 4.89. The molecule has 0 bridgehead atoms. The van der Waals surface area contributed by atoms with E-state index >= 15 is 0 Å². The van der Waals surface area contributed by atoms with Crippen LogP contribution >= 0.6 is 0 Å². The smallest absolute Gasteiger partial charge is 0.0651 e. The molecule has 0 aliphatic heterocycles. The Balaban J connectivity index is 1.41. The molecule has 0 spiro atoms. The minimum atomic E-state index is 1.02. The third-order valence-electron chi connectivity index (χ3n) is 8.90. The van der Waals surface area contributed by atoms with E-state index in [9.17, 15) is 0 Å². The summed E-state index contributed by atoms with van der Waals surface area (Å²) in [5.41, 5.74) is 10.3. The van der Waals surface area contributed by atoms with Crippen molar-refractivity contribution >= 4 is 43.4 Å². The monoisotopic (exact) mass is 573 g/mol. The summed E-state index contributed by atoms with van der Waals surface area (Å²) in [4.78, 5) is 9.34. The van der Waals surface area contributed by atoms with E-state index in [-0.39, 0.29) is 0 Å². The van der Waals surface area contributed by atoms with Crippen molar-refractivity contribution in [3.63, 3.8) is 0 Å². The Kier molecular flexibility index (Phi) is 5.82. The van der Waals surface area contributed by atoms with Crippen LogP contribution in [0, 0.1) is 0 Å². The fourth-order valence-electron chi connectivity index (χ4n) is 6.92. The summed E-state index contributed by atoms with van der Waals surface area (Å²) in [6, 6.07) is 50.1. The Hall–Kier alpha value is -6.06. The predicted octanol–water partition coefficient (Wildman–Crippen LogP) is 10.9. The number of fused-ring (bicyclic) bond motifs is 5. The number of aromatic nitrogens is 3. The molecule has 0 amide bonds. The molecule has 0 aliphatic rings. The highest BCUT2D eigenvalue weighted by molar-refractivity contribution is 6.14. The van der Waals surface area contributed by atoms with E-state index in [2.05, 4.69) is 149 Å². The van der Waals surface area contributed by atoms with E-state index in [0.29, 0.717) is 0 Å². The van der Waals surface area contributed by atoms with Gasteiger partial charge in [-0.2, -0.15) is 0 Å². The molecule has 45 heavy (non-hydrogen) atoms. The van der Waals surface area contributed by atoms with Gasteiger partial charge < -0.3 is 4.57 Å². The Morgan fingerprint density at radius 1 is 0.400 bits per heavy atom. The second kappa shape index (κ2) is 10.3. The molecule has 3 aromatic heterocycles. The summed E-state index contributed by atoms with van der Waals surface area (Å²) in [5.74, 6) is 0. The lowest BCUT2D eigenvalue weighted by Crippen LogP contribution is -1.98. The number of nitrogens with zero attached hydrogens (tertiary/aromatic N) is 3. The van der Waals surface area contributed by atoms with E-state index in [4.69, 9.17) is 4.98 Å². The Labute approximate surface area is 260 Å². The van der Waals surface area contributed by atoms with Crippen molar-refractivity contribution in [2.75, 3.05) is 0 Å². The Morgan fingerprint density at radius 2 is 1.09 bits per heavy atom. The van der Waals surface area contributed by atoms with Crippen LogP contribution in [0.4, 0.5) is 0 Å². The highest BCUT2D eigenvalue weighted by Gasteiger charge is 2.20. The summed E-state index contributed by atoms with van der Waals surface area (Å²) in [7, 11) is 0. The van der Waals surface area contributed by atoms with Gasteiger partial charge in [0.15, 0.2) is 0 Å². The van der Waals surface area contributed by atoms with Crippen LogP contribution in [-0.4, -0.2) is 14.5 Å². The summed E-state index contributed by atoms with van der Waals surface area (Å²) in [6.07, 6.45) is 7.80. The van der Waals surface area contributed by atoms with Gasteiger partial charge in [0.1, 0.15) is 0 Å². The minimum Gasteiger partial charge on any atom is -0.308 e. The molecule has 3 heterocycles. The van der Waals surface area contributed by atoms with Crippen LogP contribution in [0.3, 0.4) is 0 Å². The first-order chi connectivity index (χ1) is 22.3. The van der Waals surface area contributed by atoms with Crippen LogP contribution < -0.4 is 0 Å². The van der Waals surface area contributed by atoms with Crippen LogP contribution in [0.15, 0.2) is 164 Å². The summed E-state index contributed by atoms with van der Waals surface area (Å²) in [6.45, 7) is 0. The second-order valence-corrected chi connectivity index (χ2v) is 11.5. The molecule has 0 saturated heterocycles. The molecule has 6 aromatic carbocycles. The fraction of sp³-hybridized carbons (Fsp3) is 0. The number of pyridine rings is 2. The SMILES string of the molecule is c1ccc(-c2cc3cc4ccccc4cc3c(-c3ccccc3)c2-c2cncc(-n3c4ccccc4c4cnccc43)c2)cc1. The van der Waals surface area contributed by atoms with Gasteiger partial charge in [0.25, 0.3) is 0 Å². The Morgan fingerprint density at radius 3 is 1.91 bits per heavy atom. The average Bonchev–Trinajstić information content (AvgIpc) is 3.45. The van der Waals surface area contributed by atoms with Gasteiger partial charge in [-0.15, -0.1) is 0 Å². The molecule has 0 unspecified atom stereocenters. The van der Waals surface area contributed by atoms with Gasteiger partial charge in [0, 0.05) is 34.9 Å². The fourth-order valence-corrected chi connectivity index (χ4v) is 6.92. The van der Waals surface area contributed by atoms with Crippen LogP contribution in [0.1, 0.15) is 0 Å². The minimum absolute atomic E-state index is 1.02. The second-order valence-electron chi connectivity index (χ2n) is 11.5. The molecular weight excluding hydrogens is 546 g/mol. The summed E-state index contributed by atoms with van der Waals surface area (Å²) in [5, 5.41) is 7.22. The molecule has 3 heteroatoms. The largest absolute Gasteiger partial charge is 0.308 e. The maximum Gasteiger partial charge on any atom is 0.0651 e. The molecule has 0 N–H and O–H groups in total. The van der Waals surface area contributed by atoms with Gasteiger partial charge in [-0.05, 0) is 85.8 Å². The van der Waals surface area contributed by atoms with Crippen molar-refractivity contribution in [1.82, 2.24) is 14.5 Å². The van der Waals surface area contributed by atoms with Gasteiger partial charge in [-0.1, -0.05) is 103 Å². The van der Waals surface area contributed by atoms with E-state index in [0.717, 1.165) is 27.7 Å². The third kappa shape index (κ3) is 4.13. The standard InChI is InChI=1S/C42H27N3/c1-3-11-28(12-4-1)36-24-32-21-30-15-7-8-16-31(30)23-37(32)41(29-13-5-2-6-14-29)42(36)33-22-34(26-44-25-33)45-39-18-10-9-17-35(39)38-27-43-20-19-40(38)45/h1-27H. The van der Waals surface area contributed by atoms with E-state index in [1.54, 1.807) is 0 Å². The average molecular weight is 574 g/mol. The van der Waals surface area contributed by atoms with Crippen LogP contribution in [0.5, 0.6) is 0 Å². The van der Waals surface area contributed by atoms with E-state index < -0.39 is 0 Å². The van der Waals surface area contributed by atoms with Crippen molar-refractivity contribution in [2.45, 2.75) is 0 Å². The van der Waals surface area contributed by atoms with Crippen molar-refractivity contribution in [2.24, 2.45) is 0 Å². The number of benzene rings is 6. The van der Waals surface area contributed by atoms with Crippen LogP contribution in [0.2, 0.25) is 0 Å². The molecule has 0 fully saturated rings. The highest BCUT2D eigenvalue weighted by Crippen LogP contribution is 2.46. The Bertz CT molecular complexity index is 2480. The normalized spacial score (nSPS) is 11.6. The molecule has 0 atom stereocenters. The van der Waals surface area contributed by atoms with E-state index in [1.165, 1.54) is 54.7 Å². The maximum absolute atomic E-state index is 4.89. The summed E-state index contributed by atoms with van der Waals surface area (Å²) >= 11 is 0. The third-order valence-corrected chi connectivity index (χ3v) is 8.90. The highest BCUT2D eigenvalue weighted by atomic mass is 15.0. The molecule has 9 rings (SSSR count). The first-order valence-electron chi connectivity index (χ1n) is 15.2. The van der Waals surface area contributed by atoms with Crippen molar-refractivity contribution in [3.8, 4) is 39.1 Å². The first kappa shape index (κ1) is 25.4. The van der Waals surface area contributed by atoms with Crippen molar-refractivity contribution in [1.29, 1.82) is 0 Å². The van der Waals surface area contributed by atoms with Gasteiger partial charge in [-0.25, -0.2) is 0 Å². The zero-order valence-electron chi connectivity index (χ0n) is 24.4. The van der Waals surface area contributed by atoms with Gasteiger partial charge in [-0.3, -0.25) is 9.97 Å². The van der Waals surface area contributed by atoms with E-state index in [1.807, 2.05) is 24.8 Å². The molecule has 0 saturated carbocycles. The quantitative estimate of drug-likeness (QED) is 0.196. The van der Waals surface area contributed by atoms with Gasteiger partial charge in [0.05, 0.1) is 22.9 Å². The molecule has 9 aromatic rings. The van der Waals surface area contributed by atoms with Crippen LogP contribution in [-0.2, 0) is 0 Å². The lowest BCUT2D eigenvalue weighted by atomic mass is 9.83. The zero-order chi connectivity index (χ0) is 29.7. The van der Waals surface area contributed by atoms with Crippen molar-refractivity contribution in [3.05, 3.63) is 164 Å². The number of rotatable bonds is 4. The molecule has 210 valence electrons. The van der Waals surface area contributed by atoms with Gasteiger partial charge in [0.2, 0.25) is 0 Å². The predicted molar refractivity (Wildman–Crippen MR) is 188 cm³/mol. The molecular formula is C42H27N3. The number of hydrogen-bond acceptors (Lipinski definition) is 2. The first-order valence-corrected chi connectivity index (χ1v) is 15.2. The zero-order valence-corrected chi connectivity index (χ0v) is 24.4. The van der Waals surface area contributed by atoms with Crippen molar-refractivity contribution < 1.29 is 0 Å². The number of hydrogen-bond donors (Lipinski definition) is 0. The van der Waals surface area contributed by atoms with Crippen LogP contribution in [0.25, 0.3) is 82.4 Å². The molecule has 0 aliphatic carbocycles. The lowest BCUT2D eigenvalue weighted by molar-refractivity contribution is 1.14. The van der Waals surface area contributed by atoms with Gasteiger partial charge >= 0.3 is 0 Å². The number of para-hydroxylation sites is 1. The lowest BCUT2D eigenvalue weighted by Gasteiger charge is -2.20. The topological polar surface area (TPSA) is 30.7 Å².